The molecule has 0 aromatic carbocycles. The summed E-state index contributed by atoms with van der Waals surface area (Å²) in [4.78, 5) is 18.4. The van der Waals surface area contributed by atoms with E-state index in [0.29, 0.717) is 24.5 Å². The predicted molar refractivity (Wildman–Crippen MR) is 88.3 cm³/mol. The van der Waals surface area contributed by atoms with Crippen molar-refractivity contribution in [2.45, 2.75) is 33.5 Å². The lowest BCUT2D eigenvalue weighted by atomic mass is 10.2. The lowest BCUT2D eigenvalue weighted by Crippen LogP contribution is -2.28. The van der Waals surface area contributed by atoms with Gasteiger partial charge in [-0.3, -0.25) is 14.7 Å². The van der Waals surface area contributed by atoms with Crippen molar-refractivity contribution in [2.24, 2.45) is 0 Å². The Bertz CT molecular complexity index is 694. The van der Waals surface area contributed by atoms with E-state index in [0.717, 1.165) is 18.8 Å². The third-order valence-corrected chi connectivity index (χ3v) is 3.95. The average Bonchev–Trinajstić information content (AvgIpc) is 2.58. The molecule has 23 heavy (non-hydrogen) atoms. The summed E-state index contributed by atoms with van der Waals surface area (Å²) in [7, 11) is 0. The maximum atomic E-state index is 12.0. The quantitative estimate of drug-likeness (QED) is 0.805. The molecule has 2 aromatic rings. The fraction of sp³-hybridized carbons (Fsp3) is 0.412. The third-order valence-electron chi connectivity index (χ3n) is 3.95. The second-order valence-electron chi connectivity index (χ2n) is 5.32. The Labute approximate surface area is 135 Å². The van der Waals surface area contributed by atoms with E-state index in [1.807, 2.05) is 32.0 Å². The molecule has 2 aromatic heterocycles. The molecule has 0 unspecified atom stereocenters. The highest BCUT2D eigenvalue weighted by atomic mass is 16.3. The minimum absolute atomic E-state index is 0.259. The van der Waals surface area contributed by atoms with Crippen molar-refractivity contribution in [2.75, 3.05) is 13.1 Å². The van der Waals surface area contributed by atoms with Gasteiger partial charge in [-0.25, -0.2) is 0 Å². The minimum atomic E-state index is -0.464. The van der Waals surface area contributed by atoms with Gasteiger partial charge in [-0.15, -0.1) is 0 Å². The molecule has 124 valence electrons. The van der Waals surface area contributed by atoms with E-state index in [4.69, 9.17) is 0 Å². The van der Waals surface area contributed by atoms with Crippen LogP contribution in [-0.4, -0.2) is 37.8 Å². The largest absolute Gasteiger partial charge is 0.503 e. The van der Waals surface area contributed by atoms with Crippen molar-refractivity contribution in [3.63, 3.8) is 0 Å². The van der Waals surface area contributed by atoms with Crippen LogP contribution in [0.25, 0.3) is 0 Å². The number of aromatic nitrogens is 2. The smallest absolute Gasteiger partial charge is 0.223 e. The summed E-state index contributed by atoms with van der Waals surface area (Å²) in [5.41, 5.74) is 1.32. The highest BCUT2D eigenvalue weighted by Crippen LogP contribution is 2.18. The van der Waals surface area contributed by atoms with Crippen LogP contribution in [0, 0.1) is 0 Å². The molecule has 0 saturated heterocycles. The fourth-order valence-electron chi connectivity index (χ4n) is 2.54. The summed E-state index contributed by atoms with van der Waals surface area (Å²) in [5, 5.41) is 19.9. The number of aromatic hydroxyl groups is 1. The Morgan fingerprint density at radius 2 is 2.00 bits per heavy atom. The molecule has 0 aliphatic rings. The molecule has 2 heterocycles. The van der Waals surface area contributed by atoms with Crippen molar-refractivity contribution in [1.29, 1.82) is 0 Å². The van der Waals surface area contributed by atoms with E-state index >= 15 is 0 Å². The van der Waals surface area contributed by atoms with Crippen LogP contribution < -0.4 is 5.43 Å². The molecular weight excluding hydrogens is 294 g/mol. The van der Waals surface area contributed by atoms with E-state index in [-0.39, 0.29) is 12.4 Å². The molecule has 0 saturated carbocycles. The predicted octanol–water partition coefficient (Wildman–Crippen LogP) is 1.33. The lowest BCUT2D eigenvalue weighted by molar-refractivity contribution is 0.257. The molecular formula is C17H23N3O3. The zero-order chi connectivity index (χ0) is 16.8. The van der Waals surface area contributed by atoms with Crippen molar-refractivity contribution < 1.29 is 10.2 Å². The Balaban J connectivity index is 2.52. The molecule has 2 rings (SSSR count). The molecule has 0 spiro atoms. The molecule has 0 fully saturated rings. The molecule has 6 heteroatoms. The SMILES string of the molecule is CCN(CC)Cc1c(O)c(=O)cc(CO)n1Cc1ccccn1. The number of hydrogen-bond acceptors (Lipinski definition) is 5. The van der Waals surface area contributed by atoms with Crippen molar-refractivity contribution >= 4 is 0 Å². The molecule has 2 N–H and O–H groups in total. The van der Waals surface area contributed by atoms with Gasteiger partial charge in [0.05, 0.1) is 24.5 Å². The third kappa shape index (κ3) is 3.97. The zero-order valence-electron chi connectivity index (χ0n) is 13.6. The first-order valence-corrected chi connectivity index (χ1v) is 7.78. The summed E-state index contributed by atoms with van der Waals surface area (Å²) >= 11 is 0. The second-order valence-corrected chi connectivity index (χ2v) is 5.32. The van der Waals surface area contributed by atoms with Gasteiger partial charge in [-0.2, -0.15) is 0 Å². The summed E-state index contributed by atoms with van der Waals surface area (Å²) < 4.78 is 1.78. The van der Waals surface area contributed by atoms with Crippen LogP contribution in [0.3, 0.4) is 0 Å². The first-order chi connectivity index (χ1) is 11.1. The summed E-state index contributed by atoms with van der Waals surface area (Å²) in [5.74, 6) is -0.259. The molecule has 0 amide bonds. The van der Waals surface area contributed by atoms with Crippen LogP contribution in [-0.2, 0) is 19.7 Å². The average molecular weight is 317 g/mol. The Kier molecular flexibility index (Phi) is 5.90. The molecule has 0 radical (unpaired) electrons. The fourth-order valence-corrected chi connectivity index (χ4v) is 2.54. The first kappa shape index (κ1) is 17.2. The van der Waals surface area contributed by atoms with E-state index in [9.17, 15) is 15.0 Å². The second kappa shape index (κ2) is 7.89. The standard InChI is InChI=1S/C17H23N3O3/c1-3-19(4-2)11-15-17(23)16(22)9-14(12-21)20(15)10-13-7-5-6-8-18-13/h5-9,21,23H,3-4,10-12H2,1-2H3. The zero-order valence-corrected chi connectivity index (χ0v) is 13.6. The summed E-state index contributed by atoms with van der Waals surface area (Å²) in [6, 6.07) is 6.87. The van der Waals surface area contributed by atoms with Crippen LogP contribution in [0.2, 0.25) is 0 Å². The topological polar surface area (TPSA) is 78.6 Å². The van der Waals surface area contributed by atoms with Crippen molar-refractivity contribution in [3.8, 4) is 5.75 Å². The van der Waals surface area contributed by atoms with Gasteiger partial charge in [0, 0.05) is 24.5 Å². The van der Waals surface area contributed by atoms with Gasteiger partial charge in [0.15, 0.2) is 5.75 Å². The Morgan fingerprint density at radius 3 is 2.57 bits per heavy atom. The van der Waals surface area contributed by atoms with Gasteiger partial charge in [0.2, 0.25) is 5.43 Å². The van der Waals surface area contributed by atoms with Crippen LogP contribution in [0.1, 0.15) is 30.9 Å². The van der Waals surface area contributed by atoms with Gasteiger partial charge in [-0.1, -0.05) is 19.9 Å². The van der Waals surface area contributed by atoms with E-state index in [1.165, 1.54) is 6.07 Å². The van der Waals surface area contributed by atoms with E-state index < -0.39 is 5.43 Å². The van der Waals surface area contributed by atoms with Crippen LogP contribution >= 0.6 is 0 Å². The van der Waals surface area contributed by atoms with Gasteiger partial charge in [-0.05, 0) is 25.2 Å². The van der Waals surface area contributed by atoms with Crippen molar-refractivity contribution in [1.82, 2.24) is 14.5 Å². The normalized spacial score (nSPS) is 11.1. The van der Waals surface area contributed by atoms with Crippen molar-refractivity contribution in [3.05, 3.63) is 57.8 Å². The minimum Gasteiger partial charge on any atom is -0.503 e. The van der Waals surface area contributed by atoms with Crippen LogP contribution in [0.15, 0.2) is 35.3 Å². The molecule has 6 nitrogen and oxygen atoms in total. The van der Waals surface area contributed by atoms with Gasteiger partial charge in [0.1, 0.15) is 0 Å². The summed E-state index contributed by atoms with van der Waals surface area (Å²) in [6.45, 7) is 6.22. The van der Waals surface area contributed by atoms with E-state index in [1.54, 1.807) is 10.8 Å². The van der Waals surface area contributed by atoms with Gasteiger partial charge < -0.3 is 14.8 Å². The number of aliphatic hydroxyl groups is 1. The van der Waals surface area contributed by atoms with Gasteiger partial charge in [0.25, 0.3) is 0 Å². The maximum Gasteiger partial charge on any atom is 0.223 e. The van der Waals surface area contributed by atoms with E-state index in [2.05, 4.69) is 9.88 Å². The van der Waals surface area contributed by atoms with Crippen LogP contribution in [0.5, 0.6) is 5.75 Å². The van der Waals surface area contributed by atoms with Gasteiger partial charge >= 0.3 is 0 Å². The number of rotatable bonds is 7. The summed E-state index contributed by atoms with van der Waals surface area (Å²) in [6.07, 6.45) is 1.69. The monoisotopic (exact) mass is 317 g/mol. The first-order valence-electron chi connectivity index (χ1n) is 7.78. The Hall–Kier alpha value is -2.18. The number of hydrogen-bond donors (Lipinski definition) is 2. The number of aliphatic hydroxyl groups excluding tert-OH is 1. The molecule has 0 atom stereocenters. The number of pyridine rings is 2. The Morgan fingerprint density at radius 1 is 1.26 bits per heavy atom. The molecule has 0 aliphatic heterocycles. The number of nitrogens with zero attached hydrogens (tertiary/aromatic N) is 3. The highest BCUT2D eigenvalue weighted by molar-refractivity contribution is 5.31. The lowest BCUT2D eigenvalue weighted by Gasteiger charge is -2.24. The highest BCUT2D eigenvalue weighted by Gasteiger charge is 2.17. The molecule has 0 bridgehead atoms. The molecule has 0 aliphatic carbocycles. The maximum absolute atomic E-state index is 12.0. The van der Waals surface area contributed by atoms with Crippen LogP contribution in [0.4, 0.5) is 0 Å².